The Labute approximate surface area is 134 Å². The molecule has 5 nitrogen and oxygen atoms in total. The van der Waals surface area contributed by atoms with Crippen LogP contribution in [0.25, 0.3) is 0 Å². The Balaban J connectivity index is 2.01. The van der Waals surface area contributed by atoms with E-state index in [0.29, 0.717) is 11.4 Å². The van der Waals surface area contributed by atoms with Gasteiger partial charge in [-0.25, -0.2) is 13.1 Å². The van der Waals surface area contributed by atoms with Crippen LogP contribution in [0.15, 0.2) is 33.6 Å². The lowest BCUT2D eigenvalue weighted by Crippen LogP contribution is -3.22. The lowest BCUT2D eigenvalue weighted by atomic mass is 10.0. The molecule has 0 spiro atoms. The molecule has 0 atom stereocenters. The third kappa shape index (κ3) is 4.50. The Morgan fingerprint density at radius 3 is 2.38 bits per heavy atom. The number of sulfonamides is 1. The van der Waals surface area contributed by atoms with Gasteiger partial charge in [0.25, 0.3) is 0 Å². The van der Waals surface area contributed by atoms with Gasteiger partial charge in [0, 0.05) is 4.47 Å². The Morgan fingerprint density at radius 1 is 1.24 bits per heavy atom. The summed E-state index contributed by atoms with van der Waals surface area (Å²) in [5.74, 6) is 0. The second-order valence-electron chi connectivity index (χ2n) is 5.88. The van der Waals surface area contributed by atoms with Crippen molar-refractivity contribution < 1.29 is 18.1 Å². The first-order valence-electron chi connectivity index (χ1n) is 6.99. The fraction of sp³-hybridized carbons (Fsp3) is 0.571. The maximum Gasteiger partial charge on any atom is 0.240 e. The highest BCUT2D eigenvalue weighted by Crippen LogP contribution is 2.14. The van der Waals surface area contributed by atoms with Crippen molar-refractivity contribution in [2.75, 3.05) is 32.8 Å². The van der Waals surface area contributed by atoms with Gasteiger partial charge < -0.3 is 9.64 Å². The van der Waals surface area contributed by atoms with E-state index in [2.05, 4.69) is 34.5 Å². The molecule has 1 aliphatic rings. The summed E-state index contributed by atoms with van der Waals surface area (Å²) in [6.45, 7) is 7.85. The number of quaternary nitrogens is 1. The number of ether oxygens (including phenoxy) is 1. The van der Waals surface area contributed by atoms with Gasteiger partial charge in [-0.15, -0.1) is 0 Å². The van der Waals surface area contributed by atoms with Crippen molar-refractivity contribution in [1.82, 2.24) is 4.72 Å². The van der Waals surface area contributed by atoms with E-state index in [9.17, 15) is 8.42 Å². The van der Waals surface area contributed by atoms with Gasteiger partial charge >= 0.3 is 0 Å². The monoisotopic (exact) mass is 377 g/mol. The molecule has 0 bridgehead atoms. The van der Waals surface area contributed by atoms with E-state index in [1.807, 2.05) is 0 Å². The molecule has 21 heavy (non-hydrogen) atoms. The van der Waals surface area contributed by atoms with E-state index in [4.69, 9.17) is 4.74 Å². The fourth-order valence-electron chi connectivity index (χ4n) is 2.39. The number of benzene rings is 1. The van der Waals surface area contributed by atoms with Crippen molar-refractivity contribution in [3.05, 3.63) is 28.7 Å². The number of rotatable bonds is 5. The van der Waals surface area contributed by atoms with Gasteiger partial charge in [-0.2, -0.15) is 0 Å². The van der Waals surface area contributed by atoms with Crippen molar-refractivity contribution >= 4 is 26.0 Å². The van der Waals surface area contributed by atoms with Crippen LogP contribution in [0.2, 0.25) is 0 Å². The first kappa shape index (κ1) is 16.9. The molecule has 1 aromatic carbocycles. The molecule has 1 saturated heterocycles. The van der Waals surface area contributed by atoms with Gasteiger partial charge in [-0.05, 0) is 38.1 Å². The van der Waals surface area contributed by atoms with Crippen molar-refractivity contribution in [2.45, 2.75) is 24.3 Å². The molecule has 2 rings (SSSR count). The van der Waals surface area contributed by atoms with Crippen LogP contribution < -0.4 is 9.62 Å². The van der Waals surface area contributed by atoms with Crippen LogP contribution in [0.1, 0.15) is 13.8 Å². The van der Waals surface area contributed by atoms with Gasteiger partial charge in [0.1, 0.15) is 18.6 Å². The standard InChI is InChI=1S/C14H21BrN2O3S/c1-14(2,17-7-9-20-10-8-17)11-16-21(18,19)13-5-3-12(15)4-6-13/h3-6,16H,7-11H2,1-2H3/p+1. The molecule has 1 heterocycles. The van der Waals surface area contributed by atoms with E-state index in [1.165, 1.54) is 4.90 Å². The van der Waals surface area contributed by atoms with E-state index in [-0.39, 0.29) is 5.54 Å². The van der Waals surface area contributed by atoms with E-state index in [1.54, 1.807) is 24.3 Å². The smallest absolute Gasteiger partial charge is 0.240 e. The zero-order valence-electron chi connectivity index (χ0n) is 12.4. The highest BCUT2D eigenvalue weighted by Gasteiger charge is 2.33. The van der Waals surface area contributed by atoms with Crippen LogP contribution >= 0.6 is 15.9 Å². The summed E-state index contributed by atoms with van der Waals surface area (Å²) in [5, 5.41) is 0. The highest BCUT2D eigenvalue weighted by molar-refractivity contribution is 9.10. The van der Waals surface area contributed by atoms with Crippen LogP contribution in [0, 0.1) is 0 Å². The summed E-state index contributed by atoms with van der Waals surface area (Å²) < 4.78 is 33.6. The average Bonchev–Trinajstić information content (AvgIpc) is 2.47. The lowest BCUT2D eigenvalue weighted by molar-refractivity contribution is -0.954. The lowest BCUT2D eigenvalue weighted by Gasteiger charge is -2.37. The van der Waals surface area contributed by atoms with Crippen molar-refractivity contribution in [1.29, 1.82) is 0 Å². The number of nitrogens with one attached hydrogen (secondary N) is 2. The maximum absolute atomic E-state index is 12.3. The number of hydrogen-bond acceptors (Lipinski definition) is 3. The van der Waals surface area contributed by atoms with Crippen LogP contribution in [-0.4, -0.2) is 46.8 Å². The summed E-state index contributed by atoms with van der Waals surface area (Å²) in [7, 11) is -3.46. The molecule has 0 amide bonds. The summed E-state index contributed by atoms with van der Waals surface area (Å²) >= 11 is 3.30. The van der Waals surface area contributed by atoms with Gasteiger partial charge in [0.05, 0.1) is 24.7 Å². The minimum atomic E-state index is -3.46. The highest BCUT2D eigenvalue weighted by atomic mass is 79.9. The predicted molar refractivity (Wildman–Crippen MR) is 84.9 cm³/mol. The molecule has 0 unspecified atom stereocenters. The van der Waals surface area contributed by atoms with Crippen molar-refractivity contribution in [3.8, 4) is 0 Å². The third-order valence-corrected chi connectivity index (χ3v) is 5.83. The molecule has 118 valence electrons. The molecule has 1 aromatic rings. The molecular formula is C14H22BrN2O3S+. The molecule has 7 heteroatoms. The number of morpholine rings is 1. The van der Waals surface area contributed by atoms with Crippen LogP contribution in [0.5, 0.6) is 0 Å². The quantitative estimate of drug-likeness (QED) is 0.781. The number of hydrogen-bond donors (Lipinski definition) is 2. The Kier molecular flexibility index (Phi) is 5.43. The summed E-state index contributed by atoms with van der Waals surface area (Å²) in [4.78, 5) is 1.66. The topological polar surface area (TPSA) is 59.8 Å². The minimum Gasteiger partial charge on any atom is -0.370 e. The normalized spacial score (nSPS) is 17.9. The average molecular weight is 378 g/mol. The molecule has 1 fully saturated rings. The van der Waals surface area contributed by atoms with Crippen LogP contribution in [0.4, 0.5) is 0 Å². The maximum atomic E-state index is 12.3. The predicted octanol–water partition coefficient (Wildman–Crippen LogP) is 0.421. The van der Waals surface area contributed by atoms with Gasteiger partial charge in [0.2, 0.25) is 10.0 Å². The zero-order valence-corrected chi connectivity index (χ0v) is 14.8. The molecule has 0 radical (unpaired) electrons. The molecule has 2 N–H and O–H groups in total. The zero-order chi connectivity index (χ0) is 15.5. The second-order valence-corrected chi connectivity index (χ2v) is 8.56. The summed E-state index contributed by atoms with van der Waals surface area (Å²) in [6, 6.07) is 6.65. The Hall–Kier alpha value is -0.470. The third-order valence-electron chi connectivity index (χ3n) is 3.88. The Bertz CT molecular complexity index is 566. The molecular weight excluding hydrogens is 356 g/mol. The van der Waals surface area contributed by atoms with Gasteiger partial charge in [0.15, 0.2) is 0 Å². The van der Waals surface area contributed by atoms with Crippen molar-refractivity contribution in [3.63, 3.8) is 0 Å². The number of halogens is 1. The molecule has 0 aliphatic carbocycles. The SMILES string of the molecule is CC(C)(CNS(=O)(=O)c1ccc(Br)cc1)[NH+]1CCOCC1. The molecule has 1 aliphatic heterocycles. The summed E-state index contributed by atoms with van der Waals surface area (Å²) in [6.07, 6.45) is 0. The van der Waals surface area contributed by atoms with Crippen LogP contribution in [-0.2, 0) is 14.8 Å². The minimum absolute atomic E-state index is 0.161. The van der Waals surface area contributed by atoms with E-state index < -0.39 is 10.0 Å². The second kappa shape index (κ2) is 6.75. The van der Waals surface area contributed by atoms with Gasteiger partial charge in [-0.3, -0.25) is 0 Å². The molecule has 0 aromatic heterocycles. The van der Waals surface area contributed by atoms with Gasteiger partial charge in [-0.1, -0.05) is 15.9 Å². The van der Waals surface area contributed by atoms with Crippen LogP contribution in [0.3, 0.4) is 0 Å². The first-order chi connectivity index (χ1) is 9.81. The fourth-order valence-corrected chi connectivity index (χ4v) is 3.87. The molecule has 0 saturated carbocycles. The first-order valence-corrected chi connectivity index (χ1v) is 9.27. The van der Waals surface area contributed by atoms with Crippen molar-refractivity contribution in [2.24, 2.45) is 0 Å². The summed E-state index contributed by atoms with van der Waals surface area (Å²) in [5.41, 5.74) is -0.161. The Morgan fingerprint density at radius 2 is 1.81 bits per heavy atom. The van der Waals surface area contributed by atoms with E-state index >= 15 is 0 Å². The van der Waals surface area contributed by atoms with E-state index in [0.717, 1.165) is 30.8 Å². The largest absolute Gasteiger partial charge is 0.370 e.